The number of rotatable bonds is 3. The minimum atomic E-state index is 0.0177. The average molecular weight is 267 g/mol. The Morgan fingerprint density at radius 1 is 1.21 bits per heavy atom. The molecule has 0 radical (unpaired) electrons. The first-order valence-electron chi connectivity index (χ1n) is 8.00. The van der Waals surface area contributed by atoms with Crippen molar-refractivity contribution in [1.82, 2.24) is 4.90 Å². The van der Waals surface area contributed by atoms with Crippen molar-refractivity contribution in [3.05, 3.63) is 0 Å². The molecular formula is C16H29NO2. The number of esters is 1. The molecule has 3 atom stereocenters. The molecule has 0 aromatic rings. The lowest BCUT2D eigenvalue weighted by atomic mass is 9.79. The Hall–Kier alpha value is -0.570. The molecule has 2 fully saturated rings. The molecule has 3 nitrogen and oxygen atoms in total. The fourth-order valence-corrected chi connectivity index (χ4v) is 3.99. The normalized spacial score (nSPS) is 37.0. The van der Waals surface area contributed by atoms with E-state index in [1.54, 1.807) is 0 Å². The molecule has 1 heterocycles. The summed E-state index contributed by atoms with van der Waals surface area (Å²) >= 11 is 0. The quantitative estimate of drug-likeness (QED) is 0.736. The predicted molar refractivity (Wildman–Crippen MR) is 76.9 cm³/mol. The highest BCUT2D eigenvalue weighted by Crippen LogP contribution is 2.33. The van der Waals surface area contributed by atoms with Crippen molar-refractivity contribution in [2.75, 3.05) is 19.7 Å². The topological polar surface area (TPSA) is 29.5 Å². The Labute approximate surface area is 117 Å². The van der Waals surface area contributed by atoms with Crippen LogP contribution in [0.4, 0.5) is 0 Å². The summed E-state index contributed by atoms with van der Waals surface area (Å²) in [6.07, 6.45) is 6.13. The van der Waals surface area contributed by atoms with Gasteiger partial charge in [0.2, 0.25) is 0 Å². The molecule has 1 saturated carbocycles. The van der Waals surface area contributed by atoms with Crippen molar-refractivity contribution in [1.29, 1.82) is 0 Å². The van der Waals surface area contributed by atoms with Gasteiger partial charge in [0.1, 0.15) is 0 Å². The summed E-state index contributed by atoms with van der Waals surface area (Å²) in [6.45, 7) is 9.23. The maximum atomic E-state index is 11.9. The number of hydrogen-bond donors (Lipinski definition) is 0. The van der Waals surface area contributed by atoms with Crippen LogP contribution in [0.3, 0.4) is 0 Å². The minimum Gasteiger partial charge on any atom is -0.466 e. The van der Waals surface area contributed by atoms with Gasteiger partial charge in [-0.05, 0) is 57.4 Å². The predicted octanol–water partition coefficient (Wildman–Crippen LogP) is 3.09. The average Bonchev–Trinajstić information content (AvgIpc) is 2.38. The van der Waals surface area contributed by atoms with Gasteiger partial charge in [-0.1, -0.05) is 13.8 Å². The molecule has 0 spiro atoms. The highest BCUT2D eigenvalue weighted by Gasteiger charge is 2.33. The van der Waals surface area contributed by atoms with Crippen LogP contribution < -0.4 is 0 Å². The van der Waals surface area contributed by atoms with Gasteiger partial charge in [-0.15, -0.1) is 0 Å². The van der Waals surface area contributed by atoms with Crippen LogP contribution in [0.15, 0.2) is 0 Å². The molecule has 1 aliphatic heterocycles. The van der Waals surface area contributed by atoms with Crippen LogP contribution in [0.5, 0.6) is 0 Å². The molecule has 2 unspecified atom stereocenters. The molecule has 2 rings (SSSR count). The highest BCUT2D eigenvalue weighted by molar-refractivity contribution is 5.72. The number of ether oxygens (including phenoxy) is 1. The molecule has 19 heavy (non-hydrogen) atoms. The van der Waals surface area contributed by atoms with E-state index in [0.29, 0.717) is 12.6 Å². The first-order valence-corrected chi connectivity index (χ1v) is 8.00. The molecular weight excluding hydrogens is 238 g/mol. The first kappa shape index (κ1) is 14.8. The third-order valence-electron chi connectivity index (χ3n) is 4.74. The maximum absolute atomic E-state index is 11.9. The van der Waals surface area contributed by atoms with Crippen LogP contribution in [0.1, 0.15) is 52.9 Å². The third-order valence-corrected chi connectivity index (χ3v) is 4.74. The van der Waals surface area contributed by atoms with Crippen molar-refractivity contribution < 1.29 is 9.53 Å². The summed E-state index contributed by atoms with van der Waals surface area (Å²) < 4.78 is 5.19. The number of carbonyl (C=O) groups excluding carboxylic acids is 1. The molecule has 2 aliphatic rings. The second-order valence-electron chi connectivity index (χ2n) is 6.66. The van der Waals surface area contributed by atoms with Gasteiger partial charge in [-0.3, -0.25) is 9.69 Å². The summed E-state index contributed by atoms with van der Waals surface area (Å²) in [6, 6.07) is 0.691. The number of carbonyl (C=O) groups is 1. The van der Waals surface area contributed by atoms with Crippen molar-refractivity contribution in [2.24, 2.45) is 17.8 Å². The maximum Gasteiger partial charge on any atom is 0.310 e. The van der Waals surface area contributed by atoms with Crippen molar-refractivity contribution in [3.8, 4) is 0 Å². The standard InChI is InChI=1S/C16H29NO2/c1-4-19-16(18)14-6-5-7-17(11-14)15-9-12(2)8-13(3)10-15/h12-15H,4-11H2,1-3H3/t12?,13?,14-,15?/m0/s1. The fourth-order valence-electron chi connectivity index (χ4n) is 3.99. The largest absolute Gasteiger partial charge is 0.466 e. The third kappa shape index (κ3) is 3.95. The zero-order valence-electron chi connectivity index (χ0n) is 12.7. The zero-order valence-corrected chi connectivity index (χ0v) is 12.7. The molecule has 0 bridgehead atoms. The summed E-state index contributed by atoms with van der Waals surface area (Å²) in [5.74, 6) is 1.79. The molecule has 0 N–H and O–H groups in total. The van der Waals surface area contributed by atoms with Crippen LogP contribution in [0, 0.1) is 17.8 Å². The number of nitrogens with zero attached hydrogens (tertiary/aromatic N) is 1. The number of hydrogen-bond acceptors (Lipinski definition) is 3. The zero-order chi connectivity index (χ0) is 13.8. The minimum absolute atomic E-state index is 0.0177. The highest BCUT2D eigenvalue weighted by atomic mass is 16.5. The summed E-state index contributed by atoms with van der Waals surface area (Å²) in [5.41, 5.74) is 0. The monoisotopic (exact) mass is 267 g/mol. The van der Waals surface area contributed by atoms with Crippen molar-refractivity contribution in [2.45, 2.75) is 58.9 Å². The van der Waals surface area contributed by atoms with E-state index in [1.807, 2.05) is 6.92 Å². The Balaban J connectivity index is 1.91. The smallest absolute Gasteiger partial charge is 0.310 e. The summed E-state index contributed by atoms with van der Waals surface area (Å²) in [5, 5.41) is 0. The molecule has 0 amide bonds. The fraction of sp³-hybridized carbons (Fsp3) is 0.938. The molecule has 3 heteroatoms. The van der Waals surface area contributed by atoms with Gasteiger partial charge in [0, 0.05) is 12.6 Å². The van der Waals surface area contributed by atoms with E-state index < -0.39 is 0 Å². The summed E-state index contributed by atoms with van der Waals surface area (Å²) in [7, 11) is 0. The first-order chi connectivity index (χ1) is 9.10. The lowest BCUT2D eigenvalue weighted by Gasteiger charge is -2.42. The van der Waals surface area contributed by atoms with Crippen LogP contribution in [0.2, 0.25) is 0 Å². The molecule has 110 valence electrons. The van der Waals surface area contributed by atoms with Gasteiger partial charge in [0.25, 0.3) is 0 Å². The van der Waals surface area contributed by atoms with Crippen LogP contribution in [-0.2, 0) is 9.53 Å². The van der Waals surface area contributed by atoms with E-state index in [9.17, 15) is 4.79 Å². The second-order valence-corrected chi connectivity index (χ2v) is 6.66. The van der Waals surface area contributed by atoms with Gasteiger partial charge < -0.3 is 4.74 Å². The van der Waals surface area contributed by atoms with Gasteiger partial charge in [-0.2, -0.15) is 0 Å². The van der Waals surface area contributed by atoms with E-state index in [4.69, 9.17) is 4.74 Å². The molecule has 1 saturated heterocycles. The van der Waals surface area contributed by atoms with Gasteiger partial charge in [-0.25, -0.2) is 0 Å². The number of likely N-dealkylation sites (tertiary alicyclic amines) is 1. The van der Waals surface area contributed by atoms with E-state index in [2.05, 4.69) is 18.7 Å². The van der Waals surface area contributed by atoms with Crippen LogP contribution in [0.25, 0.3) is 0 Å². The molecule has 0 aromatic carbocycles. The van der Waals surface area contributed by atoms with E-state index in [0.717, 1.165) is 31.2 Å². The molecule has 0 aromatic heterocycles. The van der Waals surface area contributed by atoms with Gasteiger partial charge >= 0.3 is 5.97 Å². The van der Waals surface area contributed by atoms with E-state index in [1.165, 1.54) is 25.8 Å². The second kappa shape index (κ2) is 6.74. The van der Waals surface area contributed by atoms with Crippen LogP contribution in [-0.4, -0.2) is 36.6 Å². The Morgan fingerprint density at radius 2 is 1.89 bits per heavy atom. The Morgan fingerprint density at radius 3 is 2.53 bits per heavy atom. The van der Waals surface area contributed by atoms with Crippen LogP contribution >= 0.6 is 0 Å². The van der Waals surface area contributed by atoms with Crippen molar-refractivity contribution >= 4 is 5.97 Å². The SMILES string of the molecule is CCOC(=O)[C@H]1CCCN(C2CC(C)CC(C)C2)C1. The van der Waals surface area contributed by atoms with Gasteiger partial charge in [0.15, 0.2) is 0 Å². The lowest BCUT2D eigenvalue weighted by molar-refractivity contribution is -0.150. The molecule has 1 aliphatic carbocycles. The van der Waals surface area contributed by atoms with E-state index >= 15 is 0 Å². The number of piperidine rings is 1. The summed E-state index contributed by atoms with van der Waals surface area (Å²) in [4.78, 5) is 14.5. The van der Waals surface area contributed by atoms with Gasteiger partial charge in [0.05, 0.1) is 12.5 Å². The Kier molecular flexibility index (Phi) is 5.26. The lowest BCUT2D eigenvalue weighted by Crippen LogP contribution is -2.47. The van der Waals surface area contributed by atoms with Crippen molar-refractivity contribution in [3.63, 3.8) is 0 Å². The Bertz CT molecular complexity index is 295. The van der Waals surface area contributed by atoms with E-state index in [-0.39, 0.29) is 11.9 Å².